The minimum atomic E-state index is -2.84. The predicted octanol–water partition coefficient (Wildman–Crippen LogP) is 2.01. The average molecular weight is 257 g/mol. The van der Waals surface area contributed by atoms with E-state index in [1.54, 1.807) is 24.3 Å². The summed E-state index contributed by atoms with van der Waals surface area (Å²) in [7, 11) is 1.49. The topological polar surface area (TPSA) is 44.8 Å². The second-order valence-electron chi connectivity index (χ2n) is 3.81. The number of nitrogens with zero attached hydrogens (tertiary/aromatic N) is 2. The van der Waals surface area contributed by atoms with Crippen molar-refractivity contribution >= 4 is 11.7 Å². The summed E-state index contributed by atoms with van der Waals surface area (Å²) in [5.41, 5.74) is 3.13. The van der Waals surface area contributed by atoms with Gasteiger partial charge in [0.05, 0.1) is 12.8 Å². The lowest BCUT2D eigenvalue weighted by Crippen LogP contribution is -2.38. The van der Waals surface area contributed by atoms with Gasteiger partial charge >= 0.3 is 12.6 Å². The van der Waals surface area contributed by atoms with Crippen LogP contribution in [0.1, 0.15) is 6.92 Å². The molecule has 1 N–H and O–H groups in total. The zero-order chi connectivity index (χ0) is 13.3. The minimum absolute atomic E-state index is 0.453. The van der Waals surface area contributed by atoms with E-state index in [9.17, 15) is 13.6 Å². The molecule has 98 valence electrons. The van der Waals surface area contributed by atoms with Crippen LogP contribution in [0.4, 0.5) is 19.3 Å². The highest BCUT2D eigenvalue weighted by molar-refractivity contribution is 5.93. The van der Waals surface area contributed by atoms with Gasteiger partial charge in [-0.3, -0.25) is 0 Å². The summed E-state index contributed by atoms with van der Waals surface area (Å²) in [5.74, 6) is 0.547. The standard InChI is InChI=1S/C11H13F2N3O2/c1-7-14-16(11(17)15(7)10(12)13)8-4-3-5-9(6-8)18-2/h3-7,10,14H,1-2H3. The van der Waals surface area contributed by atoms with E-state index in [1.807, 2.05) is 0 Å². The normalized spacial score (nSPS) is 19.8. The zero-order valence-electron chi connectivity index (χ0n) is 9.93. The van der Waals surface area contributed by atoms with E-state index < -0.39 is 18.7 Å². The summed E-state index contributed by atoms with van der Waals surface area (Å²) in [5, 5.41) is 1.08. The molecule has 18 heavy (non-hydrogen) atoms. The first kappa shape index (κ1) is 12.6. The number of nitrogens with one attached hydrogen (secondary N) is 1. The van der Waals surface area contributed by atoms with Crippen LogP contribution >= 0.6 is 0 Å². The minimum Gasteiger partial charge on any atom is -0.497 e. The number of hydrogen-bond donors (Lipinski definition) is 1. The van der Waals surface area contributed by atoms with Crippen molar-refractivity contribution < 1.29 is 18.3 Å². The van der Waals surface area contributed by atoms with Gasteiger partial charge in [-0.15, -0.1) is 0 Å². The van der Waals surface area contributed by atoms with Gasteiger partial charge in [-0.25, -0.2) is 20.1 Å². The molecule has 0 spiro atoms. The molecule has 0 saturated carbocycles. The number of rotatable bonds is 3. The SMILES string of the molecule is COc1cccc(N2NC(C)N(C(F)F)C2=O)c1. The number of urea groups is 1. The molecule has 5 nitrogen and oxygen atoms in total. The van der Waals surface area contributed by atoms with Crippen molar-refractivity contribution in [1.82, 2.24) is 10.3 Å². The van der Waals surface area contributed by atoms with Crippen molar-refractivity contribution in [3.63, 3.8) is 0 Å². The molecule has 0 bridgehead atoms. The highest BCUT2D eigenvalue weighted by Gasteiger charge is 2.40. The fourth-order valence-electron chi connectivity index (χ4n) is 1.77. The Hall–Kier alpha value is -1.89. The Labute approximate surface area is 103 Å². The number of benzene rings is 1. The van der Waals surface area contributed by atoms with Gasteiger partial charge in [0.25, 0.3) is 0 Å². The highest BCUT2D eigenvalue weighted by Crippen LogP contribution is 2.25. The molecule has 1 aromatic carbocycles. The molecule has 1 fully saturated rings. The molecule has 2 rings (SSSR count). The largest absolute Gasteiger partial charge is 0.497 e. The van der Waals surface area contributed by atoms with Crippen molar-refractivity contribution in [3.8, 4) is 5.75 Å². The molecule has 0 aromatic heterocycles. The molecule has 0 radical (unpaired) electrons. The molecule has 1 aromatic rings. The van der Waals surface area contributed by atoms with E-state index in [0.29, 0.717) is 16.3 Å². The van der Waals surface area contributed by atoms with Gasteiger partial charge in [-0.1, -0.05) is 6.07 Å². The van der Waals surface area contributed by atoms with Gasteiger partial charge in [0.2, 0.25) is 0 Å². The molecule has 1 heterocycles. The maximum Gasteiger partial charge on any atom is 0.344 e. The molecule has 1 aliphatic heterocycles. The number of hydrogen-bond acceptors (Lipinski definition) is 3. The lowest BCUT2D eigenvalue weighted by molar-refractivity contribution is -0.00783. The second kappa shape index (κ2) is 4.77. The first-order valence-corrected chi connectivity index (χ1v) is 5.35. The van der Waals surface area contributed by atoms with Crippen LogP contribution in [0.2, 0.25) is 0 Å². The van der Waals surface area contributed by atoms with Crippen molar-refractivity contribution in [1.29, 1.82) is 0 Å². The van der Waals surface area contributed by atoms with Crippen LogP contribution in [0.25, 0.3) is 0 Å². The number of carbonyl (C=O) groups is 1. The van der Waals surface area contributed by atoms with Gasteiger partial charge in [-0.2, -0.15) is 8.78 Å². The third-order valence-electron chi connectivity index (χ3n) is 2.67. The van der Waals surface area contributed by atoms with E-state index in [0.717, 1.165) is 5.01 Å². The zero-order valence-corrected chi connectivity index (χ0v) is 9.93. The summed E-state index contributed by atoms with van der Waals surface area (Å²) < 4.78 is 30.4. The quantitative estimate of drug-likeness (QED) is 0.842. The molecule has 1 aliphatic rings. The maximum atomic E-state index is 12.7. The van der Waals surface area contributed by atoms with Gasteiger partial charge in [0, 0.05) is 6.07 Å². The molecule has 2 amide bonds. The fourth-order valence-corrected chi connectivity index (χ4v) is 1.77. The van der Waals surface area contributed by atoms with Crippen LogP contribution in [0.15, 0.2) is 24.3 Å². The Bertz CT molecular complexity index is 456. The first-order valence-electron chi connectivity index (χ1n) is 5.35. The monoisotopic (exact) mass is 257 g/mol. The van der Waals surface area contributed by atoms with Crippen LogP contribution in [0, 0.1) is 0 Å². The second-order valence-corrected chi connectivity index (χ2v) is 3.81. The van der Waals surface area contributed by atoms with Crippen LogP contribution in [-0.4, -0.2) is 30.8 Å². The van der Waals surface area contributed by atoms with Crippen LogP contribution in [0.5, 0.6) is 5.75 Å². The smallest absolute Gasteiger partial charge is 0.344 e. The van der Waals surface area contributed by atoms with Gasteiger partial charge < -0.3 is 4.74 Å². The Morgan fingerprint density at radius 3 is 2.72 bits per heavy atom. The predicted molar refractivity (Wildman–Crippen MR) is 61.3 cm³/mol. The van der Waals surface area contributed by atoms with E-state index in [-0.39, 0.29) is 0 Å². The van der Waals surface area contributed by atoms with Gasteiger partial charge in [0.15, 0.2) is 0 Å². The number of hydrazine groups is 1. The summed E-state index contributed by atoms with van der Waals surface area (Å²) in [4.78, 5) is 12.3. The number of alkyl halides is 2. The van der Waals surface area contributed by atoms with E-state index in [4.69, 9.17) is 4.74 Å². The maximum absolute atomic E-state index is 12.7. The first-order chi connectivity index (χ1) is 8.54. The Balaban J connectivity index is 2.27. The van der Waals surface area contributed by atoms with Crippen LogP contribution in [0.3, 0.4) is 0 Å². The summed E-state index contributed by atoms with van der Waals surface area (Å²) in [6, 6.07) is 5.82. The van der Waals surface area contributed by atoms with Crippen molar-refractivity contribution in [2.45, 2.75) is 19.6 Å². The molecule has 7 heteroatoms. The van der Waals surface area contributed by atoms with Crippen LogP contribution in [-0.2, 0) is 0 Å². The lowest BCUT2D eigenvalue weighted by atomic mass is 10.3. The number of anilines is 1. The van der Waals surface area contributed by atoms with Crippen LogP contribution < -0.4 is 15.2 Å². The Morgan fingerprint density at radius 1 is 1.44 bits per heavy atom. The third kappa shape index (κ3) is 2.08. The average Bonchev–Trinajstić information content (AvgIpc) is 2.65. The molecular formula is C11H13F2N3O2. The molecule has 1 unspecified atom stereocenters. The molecule has 1 atom stereocenters. The number of halogens is 2. The van der Waals surface area contributed by atoms with E-state index >= 15 is 0 Å². The number of carbonyl (C=O) groups excluding carboxylic acids is 1. The summed E-state index contributed by atoms with van der Waals surface area (Å²) in [6.07, 6.45) is -0.760. The summed E-state index contributed by atoms with van der Waals surface area (Å²) in [6.45, 7) is -1.35. The number of methoxy groups -OCH3 is 1. The van der Waals surface area contributed by atoms with Gasteiger partial charge in [-0.05, 0) is 19.1 Å². The van der Waals surface area contributed by atoms with Gasteiger partial charge in [0.1, 0.15) is 11.9 Å². The lowest BCUT2D eigenvalue weighted by Gasteiger charge is -2.17. The van der Waals surface area contributed by atoms with E-state index in [2.05, 4.69) is 5.43 Å². The fraction of sp³-hybridized carbons (Fsp3) is 0.364. The van der Waals surface area contributed by atoms with Crippen molar-refractivity contribution in [2.75, 3.05) is 12.1 Å². The third-order valence-corrected chi connectivity index (χ3v) is 2.67. The number of ether oxygens (including phenoxy) is 1. The van der Waals surface area contributed by atoms with E-state index in [1.165, 1.54) is 14.0 Å². The highest BCUT2D eigenvalue weighted by atomic mass is 19.3. The number of amides is 2. The Morgan fingerprint density at radius 2 is 2.17 bits per heavy atom. The molecule has 0 aliphatic carbocycles. The summed E-state index contributed by atoms with van der Waals surface area (Å²) >= 11 is 0. The Kier molecular flexibility index (Phi) is 3.33. The van der Waals surface area contributed by atoms with Crippen molar-refractivity contribution in [3.05, 3.63) is 24.3 Å². The molecule has 1 saturated heterocycles. The molecular weight excluding hydrogens is 244 g/mol. The van der Waals surface area contributed by atoms with Crippen molar-refractivity contribution in [2.24, 2.45) is 0 Å².